The maximum Gasteiger partial charge on any atom is 0.222 e. The fourth-order valence-corrected chi connectivity index (χ4v) is 2.71. The van der Waals surface area contributed by atoms with E-state index in [0.29, 0.717) is 12.3 Å². The number of hydrogen-bond donors (Lipinski definition) is 3. The van der Waals surface area contributed by atoms with E-state index in [0.717, 1.165) is 19.3 Å². The highest BCUT2D eigenvalue weighted by Crippen LogP contribution is 2.32. The lowest BCUT2D eigenvalue weighted by atomic mass is 9.76. The molecule has 0 aromatic carbocycles. The molecule has 0 heterocycles. The summed E-state index contributed by atoms with van der Waals surface area (Å²) in [4.78, 5) is 11.9. The van der Waals surface area contributed by atoms with E-state index in [4.69, 9.17) is 5.73 Å². The van der Waals surface area contributed by atoms with Crippen LogP contribution in [0.4, 0.5) is 0 Å². The van der Waals surface area contributed by atoms with E-state index in [1.54, 1.807) is 0 Å². The van der Waals surface area contributed by atoms with Gasteiger partial charge in [0.05, 0.1) is 12.1 Å². The Labute approximate surface area is 104 Å². The molecular weight excluding hydrogens is 216 g/mol. The van der Waals surface area contributed by atoms with Gasteiger partial charge in [-0.05, 0) is 32.6 Å². The maximum atomic E-state index is 11.9. The fraction of sp³-hybridized carbons (Fsp3) is 0.923. The zero-order valence-electron chi connectivity index (χ0n) is 11.3. The van der Waals surface area contributed by atoms with Crippen LogP contribution in [0.25, 0.3) is 0 Å². The third-order valence-corrected chi connectivity index (χ3v) is 3.41. The molecule has 100 valence electrons. The Balaban J connectivity index is 2.59. The molecular formula is C13H26N2O2. The van der Waals surface area contributed by atoms with Crippen molar-refractivity contribution in [3.05, 3.63) is 0 Å². The van der Waals surface area contributed by atoms with E-state index in [9.17, 15) is 9.90 Å². The first kappa shape index (κ1) is 14.5. The lowest BCUT2D eigenvalue weighted by Crippen LogP contribution is -2.55. The molecule has 4 N–H and O–H groups in total. The average Bonchev–Trinajstić information content (AvgIpc) is 2.14. The SMILES string of the molecule is CC1CCCC(CO)(NC(=O)CC(C)(C)N)C1. The van der Waals surface area contributed by atoms with Crippen molar-refractivity contribution in [2.45, 2.75) is 64.0 Å². The van der Waals surface area contributed by atoms with E-state index in [1.165, 1.54) is 6.42 Å². The zero-order valence-corrected chi connectivity index (χ0v) is 11.3. The number of amides is 1. The Hall–Kier alpha value is -0.610. The Bertz CT molecular complexity index is 273. The molecule has 0 aliphatic heterocycles. The number of nitrogens with one attached hydrogen (secondary N) is 1. The topological polar surface area (TPSA) is 75.3 Å². The van der Waals surface area contributed by atoms with Gasteiger partial charge < -0.3 is 16.2 Å². The molecule has 4 heteroatoms. The summed E-state index contributed by atoms with van der Waals surface area (Å²) in [5.41, 5.74) is 4.91. The van der Waals surface area contributed by atoms with Gasteiger partial charge in [-0.3, -0.25) is 4.79 Å². The third kappa shape index (κ3) is 4.64. The molecule has 0 aromatic rings. The Morgan fingerprint density at radius 3 is 2.71 bits per heavy atom. The fourth-order valence-electron chi connectivity index (χ4n) is 2.71. The van der Waals surface area contributed by atoms with Crippen LogP contribution in [0.3, 0.4) is 0 Å². The summed E-state index contributed by atoms with van der Waals surface area (Å²) in [5, 5.41) is 12.6. The second kappa shape index (κ2) is 5.36. The Morgan fingerprint density at radius 2 is 2.24 bits per heavy atom. The first-order chi connectivity index (χ1) is 7.76. The van der Waals surface area contributed by atoms with Crippen LogP contribution in [-0.4, -0.2) is 28.7 Å². The smallest absolute Gasteiger partial charge is 0.222 e. The van der Waals surface area contributed by atoms with Gasteiger partial charge in [-0.25, -0.2) is 0 Å². The van der Waals surface area contributed by atoms with E-state index in [2.05, 4.69) is 12.2 Å². The van der Waals surface area contributed by atoms with Gasteiger partial charge in [0, 0.05) is 12.0 Å². The highest BCUT2D eigenvalue weighted by atomic mass is 16.3. The van der Waals surface area contributed by atoms with Crippen molar-refractivity contribution in [3.63, 3.8) is 0 Å². The molecule has 4 nitrogen and oxygen atoms in total. The van der Waals surface area contributed by atoms with Gasteiger partial charge in [0.25, 0.3) is 0 Å². The van der Waals surface area contributed by atoms with E-state index in [1.807, 2.05) is 13.8 Å². The third-order valence-electron chi connectivity index (χ3n) is 3.41. The standard InChI is InChI=1S/C13H26N2O2/c1-10-5-4-6-13(7-10,9-16)15-11(17)8-12(2,3)14/h10,16H,4-9,14H2,1-3H3,(H,15,17). The minimum atomic E-state index is -0.499. The maximum absolute atomic E-state index is 11.9. The van der Waals surface area contributed by atoms with Crippen molar-refractivity contribution in [3.8, 4) is 0 Å². The van der Waals surface area contributed by atoms with Crippen molar-refractivity contribution in [2.75, 3.05) is 6.61 Å². The number of hydrogen-bond acceptors (Lipinski definition) is 3. The minimum absolute atomic E-state index is 0.0219. The van der Waals surface area contributed by atoms with Crippen LogP contribution in [0.1, 0.15) is 52.9 Å². The van der Waals surface area contributed by atoms with Gasteiger partial charge in [0.1, 0.15) is 0 Å². The van der Waals surface area contributed by atoms with Crippen LogP contribution >= 0.6 is 0 Å². The van der Waals surface area contributed by atoms with Gasteiger partial charge in [-0.1, -0.05) is 19.8 Å². The van der Waals surface area contributed by atoms with Crippen LogP contribution < -0.4 is 11.1 Å². The monoisotopic (exact) mass is 242 g/mol. The summed E-state index contributed by atoms with van der Waals surface area (Å²) in [7, 11) is 0. The molecule has 0 aromatic heterocycles. The highest BCUT2D eigenvalue weighted by Gasteiger charge is 2.36. The number of nitrogens with two attached hydrogens (primary N) is 1. The number of rotatable bonds is 4. The molecule has 2 unspecified atom stereocenters. The van der Waals surface area contributed by atoms with Gasteiger partial charge >= 0.3 is 0 Å². The van der Waals surface area contributed by atoms with Crippen LogP contribution in [0.5, 0.6) is 0 Å². The molecule has 0 bridgehead atoms. The average molecular weight is 242 g/mol. The van der Waals surface area contributed by atoms with Crippen molar-refractivity contribution >= 4 is 5.91 Å². The van der Waals surface area contributed by atoms with Crippen molar-refractivity contribution < 1.29 is 9.90 Å². The van der Waals surface area contributed by atoms with Crippen molar-refractivity contribution in [2.24, 2.45) is 11.7 Å². The van der Waals surface area contributed by atoms with Crippen LogP contribution in [-0.2, 0) is 4.79 Å². The summed E-state index contributed by atoms with van der Waals surface area (Å²) in [6.07, 6.45) is 4.27. The zero-order chi connectivity index (χ0) is 13.1. The van der Waals surface area contributed by atoms with Gasteiger partial charge in [-0.15, -0.1) is 0 Å². The molecule has 1 amide bonds. The predicted molar refractivity (Wildman–Crippen MR) is 68.5 cm³/mol. The Morgan fingerprint density at radius 1 is 1.59 bits per heavy atom. The summed E-state index contributed by atoms with van der Waals surface area (Å²) >= 11 is 0. The van der Waals surface area contributed by atoms with Gasteiger partial charge in [0.15, 0.2) is 0 Å². The minimum Gasteiger partial charge on any atom is -0.394 e. The van der Waals surface area contributed by atoms with E-state index < -0.39 is 11.1 Å². The lowest BCUT2D eigenvalue weighted by molar-refractivity contribution is -0.125. The van der Waals surface area contributed by atoms with E-state index >= 15 is 0 Å². The van der Waals surface area contributed by atoms with Gasteiger partial charge in [0.2, 0.25) is 5.91 Å². The number of aliphatic hydroxyl groups excluding tert-OH is 1. The second-order valence-corrected chi connectivity index (χ2v) is 6.35. The summed E-state index contributed by atoms with van der Waals surface area (Å²) in [5.74, 6) is 0.503. The van der Waals surface area contributed by atoms with Crippen molar-refractivity contribution in [1.29, 1.82) is 0 Å². The predicted octanol–water partition coefficient (Wildman–Crippen LogP) is 1.17. The first-order valence-electron chi connectivity index (χ1n) is 6.47. The second-order valence-electron chi connectivity index (χ2n) is 6.35. The van der Waals surface area contributed by atoms with Crippen LogP contribution in [0.2, 0.25) is 0 Å². The van der Waals surface area contributed by atoms with Crippen molar-refractivity contribution in [1.82, 2.24) is 5.32 Å². The molecule has 1 rings (SSSR count). The molecule has 1 aliphatic carbocycles. The number of aliphatic hydroxyl groups is 1. The normalized spacial score (nSPS) is 30.1. The summed E-state index contributed by atoms with van der Waals surface area (Å²) in [6.45, 7) is 5.86. The Kier molecular flexibility index (Phi) is 4.55. The summed E-state index contributed by atoms with van der Waals surface area (Å²) < 4.78 is 0. The first-order valence-corrected chi connectivity index (χ1v) is 6.47. The lowest BCUT2D eigenvalue weighted by Gasteiger charge is -2.40. The highest BCUT2D eigenvalue weighted by molar-refractivity contribution is 5.78. The molecule has 2 atom stereocenters. The molecule has 1 aliphatic rings. The molecule has 0 spiro atoms. The summed E-state index contributed by atoms with van der Waals surface area (Å²) in [6, 6.07) is 0. The van der Waals surface area contributed by atoms with E-state index in [-0.39, 0.29) is 12.5 Å². The molecule has 1 fully saturated rings. The van der Waals surface area contributed by atoms with Gasteiger partial charge in [-0.2, -0.15) is 0 Å². The largest absolute Gasteiger partial charge is 0.394 e. The number of carbonyl (C=O) groups excluding carboxylic acids is 1. The molecule has 17 heavy (non-hydrogen) atoms. The quantitative estimate of drug-likeness (QED) is 0.692. The van der Waals surface area contributed by atoms with Crippen LogP contribution in [0.15, 0.2) is 0 Å². The van der Waals surface area contributed by atoms with Crippen LogP contribution in [0, 0.1) is 5.92 Å². The molecule has 1 saturated carbocycles. The molecule has 0 radical (unpaired) electrons. The number of carbonyl (C=O) groups is 1. The molecule has 0 saturated heterocycles.